The van der Waals surface area contributed by atoms with Gasteiger partial charge in [-0.15, -0.1) is 0 Å². The van der Waals surface area contributed by atoms with Crippen molar-refractivity contribution in [3.8, 4) is 0 Å². The van der Waals surface area contributed by atoms with Crippen molar-refractivity contribution < 1.29 is 4.79 Å². The van der Waals surface area contributed by atoms with Crippen LogP contribution in [0.2, 0.25) is 0 Å². The highest BCUT2D eigenvalue weighted by Crippen LogP contribution is 2.42. The Morgan fingerprint density at radius 3 is 2.33 bits per heavy atom. The van der Waals surface area contributed by atoms with Crippen molar-refractivity contribution in [3.63, 3.8) is 0 Å². The quantitative estimate of drug-likeness (QED) is 0.861. The van der Waals surface area contributed by atoms with Crippen LogP contribution >= 0.6 is 0 Å². The second kappa shape index (κ2) is 6.40. The normalized spacial score (nSPS) is 24.7. The minimum Gasteiger partial charge on any atom is -0.312 e. The summed E-state index contributed by atoms with van der Waals surface area (Å²) in [6.07, 6.45) is 3.12. The summed E-state index contributed by atoms with van der Waals surface area (Å²) in [7, 11) is 0. The number of nitrogens with zero attached hydrogens (tertiary/aromatic N) is 2. The number of amides is 1. The van der Waals surface area contributed by atoms with Gasteiger partial charge in [0.05, 0.1) is 5.41 Å². The summed E-state index contributed by atoms with van der Waals surface area (Å²) < 4.78 is 0. The fraction of sp³-hybridized carbons (Fsp3) is 0.381. The van der Waals surface area contributed by atoms with Gasteiger partial charge in [0.2, 0.25) is 5.91 Å². The van der Waals surface area contributed by atoms with Crippen LogP contribution in [-0.4, -0.2) is 30.4 Å². The van der Waals surface area contributed by atoms with Gasteiger partial charge in [-0.25, -0.2) is 0 Å². The smallest absolute Gasteiger partial charge is 0.234 e. The number of anilines is 1. The van der Waals surface area contributed by atoms with Gasteiger partial charge in [-0.3, -0.25) is 9.69 Å². The van der Waals surface area contributed by atoms with Gasteiger partial charge in [-0.05, 0) is 43.5 Å². The summed E-state index contributed by atoms with van der Waals surface area (Å²) in [5.74, 6) is 0.325. The van der Waals surface area contributed by atoms with E-state index in [-0.39, 0.29) is 5.41 Å². The Bertz CT molecular complexity index is 700. The van der Waals surface area contributed by atoms with Crippen LogP contribution in [0.15, 0.2) is 60.7 Å². The second-order valence-electron chi connectivity index (χ2n) is 7.12. The Labute approximate surface area is 143 Å². The lowest BCUT2D eigenvalue weighted by Crippen LogP contribution is -2.47. The lowest BCUT2D eigenvalue weighted by atomic mass is 9.78. The topological polar surface area (TPSA) is 23.6 Å². The summed E-state index contributed by atoms with van der Waals surface area (Å²) >= 11 is 0. The third-order valence-corrected chi connectivity index (χ3v) is 5.49. The number of carbonyl (C=O) groups is 1. The predicted octanol–water partition coefficient (Wildman–Crippen LogP) is 3.71. The molecular formula is C21H24N2O. The van der Waals surface area contributed by atoms with Gasteiger partial charge < -0.3 is 4.90 Å². The maximum atomic E-state index is 13.2. The van der Waals surface area contributed by atoms with Crippen LogP contribution < -0.4 is 4.90 Å². The summed E-state index contributed by atoms with van der Waals surface area (Å²) in [4.78, 5) is 17.6. The zero-order chi connectivity index (χ0) is 16.4. The average Bonchev–Trinajstić information content (AvgIpc) is 2.93. The molecule has 2 saturated heterocycles. The van der Waals surface area contributed by atoms with Crippen LogP contribution in [0, 0.1) is 5.41 Å². The third-order valence-electron chi connectivity index (χ3n) is 5.49. The lowest BCUT2D eigenvalue weighted by Gasteiger charge is -2.39. The van der Waals surface area contributed by atoms with Crippen molar-refractivity contribution in [1.82, 2.24) is 4.90 Å². The van der Waals surface area contributed by atoms with E-state index in [0.29, 0.717) is 5.91 Å². The molecule has 0 N–H and O–H groups in total. The first kappa shape index (κ1) is 15.4. The zero-order valence-corrected chi connectivity index (χ0v) is 14.0. The first-order valence-corrected chi connectivity index (χ1v) is 8.90. The molecule has 3 nitrogen and oxygen atoms in total. The van der Waals surface area contributed by atoms with E-state index in [1.165, 1.54) is 5.56 Å². The fourth-order valence-corrected chi connectivity index (χ4v) is 4.26. The molecule has 0 aromatic heterocycles. The zero-order valence-electron chi connectivity index (χ0n) is 14.0. The van der Waals surface area contributed by atoms with Crippen molar-refractivity contribution in [2.24, 2.45) is 5.41 Å². The highest BCUT2D eigenvalue weighted by Gasteiger charge is 2.49. The molecule has 0 aliphatic carbocycles. The molecule has 3 heteroatoms. The van der Waals surface area contributed by atoms with Crippen molar-refractivity contribution in [2.75, 3.05) is 24.5 Å². The molecule has 2 aromatic rings. The van der Waals surface area contributed by atoms with E-state index in [4.69, 9.17) is 0 Å². The Balaban J connectivity index is 1.50. The highest BCUT2D eigenvalue weighted by atomic mass is 16.2. The van der Waals surface area contributed by atoms with E-state index < -0.39 is 0 Å². The molecule has 1 unspecified atom stereocenters. The van der Waals surface area contributed by atoms with Crippen molar-refractivity contribution in [3.05, 3.63) is 66.2 Å². The molecule has 124 valence electrons. The minimum atomic E-state index is -0.178. The number of benzene rings is 2. The molecule has 1 spiro atoms. The number of hydrogen-bond donors (Lipinski definition) is 0. The first-order valence-electron chi connectivity index (χ1n) is 8.90. The molecule has 0 bridgehead atoms. The molecule has 2 heterocycles. The van der Waals surface area contributed by atoms with Gasteiger partial charge in [0, 0.05) is 25.3 Å². The van der Waals surface area contributed by atoms with Gasteiger partial charge in [-0.2, -0.15) is 0 Å². The fourth-order valence-electron chi connectivity index (χ4n) is 4.26. The maximum Gasteiger partial charge on any atom is 0.234 e. The average molecular weight is 320 g/mol. The van der Waals surface area contributed by atoms with Crippen LogP contribution in [0.25, 0.3) is 0 Å². The summed E-state index contributed by atoms with van der Waals surface area (Å²) in [5.41, 5.74) is 2.20. The van der Waals surface area contributed by atoms with Crippen molar-refractivity contribution >= 4 is 11.6 Å². The lowest BCUT2D eigenvalue weighted by molar-refractivity contribution is -0.128. The number of rotatable bonds is 3. The molecule has 1 atom stereocenters. The molecule has 24 heavy (non-hydrogen) atoms. The molecule has 2 aliphatic heterocycles. The minimum absolute atomic E-state index is 0.178. The summed E-state index contributed by atoms with van der Waals surface area (Å²) in [6, 6.07) is 20.7. The van der Waals surface area contributed by atoms with E-state index in [9.17, 15) is 4.79 Å². The number of carbonyl (C=O) groups excluding carboxylic acids is 1. The van der Waals surface area contributed by atoms with E-state index in [1.807, 2.05) is 35.2 Å². The van der Waals surface area contributed by atoms with E-state index in [1.54, 1.807) is 0 Å². The van der Waals surface area contributed by atoms with E-state index in [0.717, 1.165) is 51.1 Å². The third kappa shape index (κ3) is 2.84. The van der Waals surface area contributed by atoms with E-state index in [2.05, 4.69) is 35.2 Å². The standard InChI is InChI=1S/C21H24N2O/c24-20-21(13-15-23(20)19-10-5-2-6-11-19)12-7-14-22(17-21)16-18-8-3-1-4-9-18/h1-6,8-11H,7,12-17H2. The second-order valence-corrected chi connectivity index (χ2v) is 7.12. The molecule has 0 saturated carbocycles. The molecule has 2 aliphatic rings. The Morgan fingerprint density at radius 2 is 1.58 bits per heavy atom. The maximum absolute atomic E-state index is 13.2. The summed E-state index contributed by atoms with van der Waals surface area (Å²) in [6.45, 7) is 3.78. The number of hydrogen-bond acceptors (Lipinski definition) is 2. The van der Waals surface area contributed by atoms with Gasteiger partial charge in [0.15, 0.2) is 0 Å². The summed E-state index contributed by atoms with van der Waals surface area (Å²) in [5, 5.41) is 0. The van der Waals surface area contributed by atoms with Crippen LogP contribution in [0.5, 0.6) is 0 Å². The molecule has 4 rings (SSSR count). The van der Waals surface area contributed by atoms with Gasteiger partial charge >= 0.3 is 0 Å². The molecule has 0 radical (unpaired) electrons. The van der Waals surface area contributed by atoms with Crippen LogP contribution in [0.3, 0.4) is 0 Å². The van der Waals surface area contributed by atoms with Crippen molar-refractivity contribution in [1.29, 1.82) is 0 Å². The predicted molar refractivity (Wildman–Crippen MR) is 96.8 cm³/mol. The number of piperidine rings is 1. The van der Waals surface area contributed by atoms with Crippen LogP contribution in [0.1, 0.15) is 24.8 Å². The van der Waals surface area contributed by atoms with E-state index >= 15 is 0 Å². The highest BCUT2D eigenvalue weighted by molar-refractivity contribution is 6.00. The number of para-hydroxylation sites is 1. The Morgan fingerprint density at radius 1 is 0.875 bits per heavy atom. The number of likely N-dealkylation sites (tertiary alicyclic amines) is 1. The van der Waals surface area contributed by atoms with Gasteiger partial charge in [-0.1, -0.05) is 48.5 Å². The monoisotopic (exact) mass is 320 g/mol. The van der Waals surface area contributed by atoms with Gasteiger partial charge in [0.1, 0.15) is 0 Å². The molecule has 2 fully saturated rings. The molecule has 1 amide bonds. The molecular weight excluding hydrogens is 296 g/mol. The largest absolute Gasteiger partial charge is 0.312 e. The first-order chi connectivity index (χ1) is 11.8. The Kier molecular flexibility index (Phi) is 4.11. The van der Waals surface area contributed by atoms with Crippen molar-refractivity contribution in [2.45, 2.75) is 25.8 Å². The Hall–Kier alpha value is -2.13. The SMILES string of the molecule is O=C1N(c2ccccc2)CCC12CCCN(Cc1ccccc1)C2. The van der Waals surface area contributed by atoms with Crippen LogP contribution in [0.4, 0.5) is 5.69 Å². The van der Waals surface area contributed by atoms with Gasteiger partial charge in [0.25, 0.3) is 0 Å². The van der Waals surface area contributed by atoms with Crippen LogP contribution in [-0.2, 0) is 11.3 Å². The molecule has 2 aromatic carbocycles.